The molecule has 1 saturated carbocycles. The van der Waals surface area contributed by atoms with Gasteiger partial charge in [-0.25, -0.2) is 4.98 Å². The summed E-state index contributed by atoms with van der Waals surface area (Å²) in [5.41, 5.74) is 6.28. The molecule has 0 unspecified atom stereocenters. The number of H-pyrrole nitrogens is 1. The highest BCUT2D eigenvalue weighted by molar-refractivity contribution is 7.99. The Morgan fingerprint density at radius 2 is 2.09 bits per heavy atom. The first-order valence-corrected chi connectivity index (χ1v) is 8.62. The summed E-state index contributed by atoms with van der Waals surface area (Å²) in [6, 6.07) is 5.62. The summed E-state index contributed by atoms with van der Waals surface area (Å²) >= 11 is 1.22. The number of nitriles is 2. The molecule has 1 aromatic rings. The van der Waals surface area contributed by atoms with Crippen LogP contribution in [0, 0.1) is 28.6 Å². The maximum atomic E-state index is 12.1. The molecule has 0 radical (unpaired) electrons. The Hall–Kier alpha value is -2.25. The van der Waals surface area contributed by atoms with Crippen LogP contribution in [-0.2, 0) is 4.79 Å². The summed E-state index contributed by atoms with van der Waals surface area (Å²) in [6.45, 7) is 2.17. The number of nitrogens with one attached hydrogen (secondary N) is 2. The van der Waals surface area contributed by atoms with Crippen molar-refractivity contribution in [1.82, 2.24) is 5.32 Å². The fourth-order valence-corrected chi connectivity index (χ4v) is 3.55. The quantitative estimate of drug-likeness (QED) is 0.813. The molecular weight excluding hydrogens is 310 g/mol. The molecule has 1 aromatic heterocycles. The van der Waals surface area contributed by atoms with Crippen molar-refractivity contribution in [3.8, 4) is 12.1 Å². The van der Waals surface area contributed by atoms with Crippen LogP contribution in [0.5, 0.6) is 0 Å². The van der Waals surface area contributed by atoms with Gasteiger partial charge in [-0.15, -0.1) is 0 Å². The van der Waals surface area contributed by atoms with Crippen molar-refractivity contribution in [2.45, 2.75) is 43.7 Å². The van der Waals surface area contributed by atoms with E-state index in [4.69, 9.17) is 16.3 Å². The average Bonchev–Trinajstić information content (AvgIpc) is 2.55. The lowest BCUT2D eigenvalue weighted by atomic mass is 9.86. The van der Waals surface area contributed by atoms with Crippen LogP contribution in [0.4, 0.5) is 5.82 Å². The van der Waals surface area contributed by atoms with Crippen molar-refractivity contribution < 1.29 is 9.78 Å². The highest BCUT2D eigenvalue weighted by Crippen LogP contribution is 2.24. The van der Waals surface area contributed by atoms with Gasteiger partial charge >= 0.3 is 0 Å². The van der Waals surface area contributed by atoms with Crippen LogP contribution in [0.2, 0.25) is 0 Å². The van der Waals surface area contributed by atoms with Crippen molar-refractivity contribution in [3.05, 3.63) is 17.2 Å². The van der Waals surface area contributed by atoms with Gasteiger partial charge in [0.25, 0.3) is 5.82 Å². The fraction of sp³-hybridized carbons (Fsp3) is 0.500. The topological polar surface area (TPSA) is 117 Å². The lowest BCUT2D eigenvalue weighted by Gasteiger charge is -2.29. The van der Waals surface area contributed by atoms with E-state index in [0.29, 0.717) is 16.5 Å². The molecule has 0 saturated heterocycles. The highest BCUT2D eigenvalue weighted by atomic mass is 32.2. The number of thioether (sulfide) groups is 1. The second kappa shape index (κ2) is 7.85. The minimum absolute atomic E-state index is 0.0472. The molecule has 4 N–H and O–H groups in total. The highest BCUT2D eigenvalue weighted by Gasteiger charge is 2.23. The molecular formula is C16H20N5OS+. The Balaban J connectivity index is 1.98. The Bertz CT molecular complexity index is 676. The van der Waals surface area contributed by atoms with Crippen molar-refractivity contribution in [2.24, 2.45) is 5.92 Å². The molecule has 1 aliphatic carbocycles. The second-order valence-corrected chi connectivity index (χ2v) is 6.77. The number of nitrogen functional groups attached to an aromatic ring is 1. The molecule has 1 heterocycles. The molecule has 1 aliphatic rings. The third-order valence-electron chi connectivity index (χ3n) is 4.12. The number of anilines is 1. The maximum Gasteiger partial charge on any atom is 0.289 e. The van der Waals surface area contributed by atoms with Gasteiger partial charge in [0.2, 0.25) is 5.91 Å². The number of hydrogen-bond acceptors (Lipinski definition) is 5. The van der Waals surface area contributed by atoms with E-state index in [1.54, 1.807) is 0 Å². The lowest BCUT2D eigenvalue weighted by Crippen LogP contribution is -2.41. The Morgan fingerprint density at radius 1 is 1.39 bits per heavy atom. The Kier molecular flexibility index (Phi) is 5.84. The number of rotatable bonds is 4. The van der Waals surface area contributed by atoms with Gasteiger partial charge < -0.3 is 5.32 Å². The maximum absolute atomic E-state index is 12.1. The van der Waals surface area contributed by atoms with E-state index in [9.17, 15) is 4.79 Å². The van der Waals surface area contributed by atoms with Crippen LogP contribution in [0.25, 0.3) is 0 Å². The fourth-order valence-electron chi connectivity index (χ4n) is 2.75. The predicted molar refractivity (Wildman–Crippen MR) is 87.1 cm³/mol. The van der Waals surface area contributed by atoms with Gasteiger partial charge in [-0.3, -0.25) is 10.5 Å². The predicted octanol–water partition coefficient (Wildman–Crippen LogP) is 1.61. The molecule has 7 heteroatoms. The van der Waals surface area contributed by atoms with E-state index >= 15 is 0 Å². The van der Waals surface area contributed by atoms with Gasteiger partial charge in [0.1, 0.15) is 23.3 Å². The number of nitrogens with zero attached hydrogens (tertiary/aromatic N) is 2. The number of nitrogens with two attached hydrogens (primary N) is 1. The summed E-state index contributed by atoms with van der Waals surface area (Å²) in [6.07, 6.45) is 4.56. The second-order valence-electron chi connectivity index (χ2n) is 5.79. The van der Waals surface area contributed by atoms with Crippen LogP contribution in [0.3, 0.4) is 0 Å². The monoisotopic (exact) mass is 330 g/mol. The summed E-state index contributed by atoms with van der Waals surface area (Å²) in [7, 11) is 0. The first kappa shape index (κ1) is 17.1. The van der Waals surface area contributed by atoms with Gasteiger partial charge in [-0.2, -0.15) is 10.5 Å². The SMILES string of the molecule is C[C@H]1CCCC[C@@H]1NC(=O)CSc1[nH+]c(N)c(C#N)cc1C#N. The molecule has 0 aromatic carbocycles. The number of carbonyl (C=O) groups excluding carboxylic acids is 1. The van der Waals surface area contributed by atoms with E-state index in [-0.39, 0.29) is 29.1 Å². The standard InChI is InChI=1S/C16H19N5OS/c1-10-4-2-3-5-13(10)20-14(22)9-23-16-12(8-18)6-11(7-17)15(19)21-16/h6,10,13H,2-5,9H2,1H3,(H2,19,21)(H,20,22)/p+1/t10-,13-/m0/s1. The van der Waals surface area contributed by atoms with E-state index in [2.05, 4.69) is 17.2 Å². The first-order chi connectivity index (χ1) is 11.0. The molecule has 1 amide bonds. The third-order valence-corrected chi connectivity index (χ3v) is 5.14. The summed E-state index contributed by atoms with van der Waals surface area (Å²) in [5.74, 6) is 0.869. The smallest absolute Gasteiger partial charge is 0.289 e. The van der Waals surface area contributed by atoms with Crippen molar-refractivity contribution in [1.29, 1.82) is 10.5 Å². The largest absolute Gasteiger partial charge is 0.352 e. The zero-order chi connectivity index (χ0) is 16.8. The van der Waals surface area contributed by atoms with Gasteiger partial charge in [0.05, 0.1) is 5.75 Å². The van der Waals surface area contributed by atoms with Crippen LogP contribution in [-0.4, -0.2) is 17.7 Å². The molecule has 1 fully saturated rings. The Morgan fingerprint density at radius 3 is 2.74 bits per heavy atom. The van der Waals surface area contributed by atoms with Crippen molar-refractivity contribution in [3.63, 3.8) is 0 Å². The van der Waals surface area contributed by atoms with Gasteiger partial charge in [-0.1, -0.05) is 31.5 Å². The number of hydrogen-bond donors (Lipinski definition) is 2. The average molecular weight is 330 g/mol. The minimum atomic E-state index is -0.0472. The van der Waals surface area contributed by atoms with E-state index in [1.807, 2.05) is 12.1 Å². The summed E-state index contributed by atoms with van der Waals surface area (Å²) in [5, 5.41) is 21.7. The van der Waals surface area contributed by atoms with Gasteiger partial charge in [0, 0.05) is 6.04 Å². The Labute approximate surface area is 140 Å². The van der Waals surface area contributed by atoms with Gasteiger partial charge in [-0.05, 0) is 24.8 Å². The first-order valence-electron chi connectivity index (χ1n) is 7.63. The van der Waals surface area contributed by atoms with Crippen molar-refractivity contribution in [2.75, 3.05) is 11.5 Å². The van der Waals surface area contributed by atoms with E-state index in [1.165, 1.54) is 24.2 Å². The van der Waals surface area contributed by atoms with Crippen LogP contribution in [0.1, 0.15) is 43.7 Å². The third kappa shape index (κ3) is 4.37. The molecule has 23 heavy (non-hydrogen) atoms. The number of amides is 1. The zero-order valence-electron chi connectivity index (χ0n) is 13.1. The molecule has 6 nitrogen and oxygen atoms in total. The number of carbonyl (C=O) groups is 1. The summed E-state index contributed by atoms with van der Waals surface area (Å²) < 4.78 is 0. The molecule has 2 atom stereocenters. The number of pyridine rings is 1. The lowest BCUT2D eigenvalue weighted by molar-refractivity contribution is -0.410. The van der Waals surface area contributed by atoms with Crippen LogP contribution in [0.15, 0.2) is 11.1 Å². The van der Waals surface area contributed by atoms with Crippen molar-refractivity contribution >= 4 is 23.5 Å². The minimum Gasteiger partial charge on any atom is -0.352 e. The molecule has 2 rings (SSSR count). The normalized spacial score (nSPS) is 20.3. The molecule has 0 bridgehead atoms. The summed E-state index contributed by atoms with van der Waals surface area (Å²) in [4.78, 5) is 15.0. The van der Waals surface area contributed by atoms with Gasteiger partial charge in [0.15, 0.2) is 5.03 Å². The van der Waals surface area contributed by atoms with E-state index in [0.717, 1.165) is 19.3 Å². The molecule has 120 valence electrons. The molecule has 0 spiro atoms. The number of aromatic nitrogens is 1. The number of aromatic amines is 1. The zero-order valence-corrected chi connectivity index (χ0v) is 13.9. The van der Waals surface area contributed by atoms with E-state index < -0.39 is 0 Å². The van der Waals surface area contributed by atoms with Crippen LogP contribution < -0.4 is 16.0 Å². The molecule has 0 aliphatic heterocycles. The van der Waals surface area contributed by atoms with Crippen LogP contribution >= 0.6 is 11.8 Å².